The van der Waals surface area contributed by atoms with Crippen LogP contribution in [0.15, 0.2) is 0 Å². The van der Waals surface area contributed by atoms with E-state index in [9.17, 15) is 0 Å². The number of likely N-dealkylation sites (tertiary alicyclic amines) is 1. The van der Waals surface area contributed by atoms with Crippen LogP contribution in [0.3, 0.4) is 0 Å². The summed E-state index contributed by atoms with van der Waals surface area (Å²) < 4.78 is 0. The highest BCUT2D eigenvalue weighted by atomic mass is 15.2. The summed E-state index contributed by atoms with van der Waals surface area (Å²) in [6, 6.07) is 0.709. The van der Waals surface area contributed by atoms with Crippen LogP contribution in [-0.2, 0) is 0 Å². The molecule has 2 unspecified atom stereocenters. The molecule has 0 aromatic rings. The minimum absolute atomic E-state index is 0.396. The summed E-state index contributed by atoms with van der Waals surface area (Å²) in [5, 5.41) is 3.80. The van der Waals surface area contributed by atoms with Gasteiger partial charge in [-0.1, -0.05) is 41.0 Å². The highest BCUT2D eigenvalue weighted by Gasteiger charge is 2.26. The second kappa shape index (κ2) is 7.49. The number of rotatable bonds is 6. The number of piperidine rings is 1. The lowest BCUT2D eigenvalue weighted by molar-refractivity contribution is 0.130. The minimum Gasteiger partial charge on any atom is -0.312 e. The summed E-state index contributed by atoms with van der Waals surface area (Å²) in [7, 11) is 0. The van der Waals surface area contributed by atoms with Gasteiger partial charge in [-0.2, -0.15) is 0 Å². The van der Waals surface area contributed by atoms with Crippen LogP contribution >= 0.6 is 0 Å². The molecular formula is C16H34N2. The standard InChI is InChI=1S/C16H34N2/c1-6-8-14-10-15(17-13-16(3,4)5)12-18(11-14)9-7-2/h14-15,17H,6-13H2,1-5H3. The van der Waals surface area contributed by atoms with Gasteiger partial charge < -0.3 is 10.2 Å². The molecular weight excluding hydrogens is 220 g/mol. The Morgan fingerprint density at radius 1 is 1.11 bits per heavy atom. The number of hydrogen-bond acceptors (Lipinski definition) is 2. The van der Waals surface area contributed by atoms with Gasteiger partial charge in [0.2, 0.25) is 0 Å². The summed E-state index contributed by atoms with van der Waals surface area (Å²) in [5.74, 6) is 0.910. The van der Waals surface area contributed by atoms with E-state index >= 15 is 0 Å². The van der Waals surface area contributed by atoms with Crippen molar-refractivity contribution in [2.75, 3.05) is 26.2 Å². The molecule has 2 heteroatoms. The molecule has 18 heavy (non-hydrogen) atoms. The average Bonchev–Trinajstić information content (AvgIpc) is 2.26. The van der Waals surface area contributed by atoms with Gasteiger partial charge in [0.15, 0.2) is 0 Å². The summed E-state index contributed by atoms with van der Waals surface area (Å²) in [5.41, 5.74) is 0.396. The maximum absolute atomic E-state index is 3.80. The Morgan fingerprint density at radius 3 is 2.39 bits per heavy atom. The van der Waals surface area contributed by atoms with Crippen LogP contribution in [0.5, 0.6) is 0 Å². The number of nitrogens with zero attached hydrogens (tertiary/aromatic N) is 1. The van der Waals surface area contributed by atoms with Crippen LogP contribution in [0.1, 0.15) is 60.3 Å². The van der Waals surface area contributed by atoms with Gasteiger partial charge in [-0.3, -0.25) is 0 Å². The van der Waals surface area contributed by atoms with E-state index < -0.39 is 0 Å². The molecule has 0 aromatic heterocycles. The first kappa shape index (κ1) is 16.0. The quantitative estimate of drug-likeness (QED) is 0.780. The van der Waals surface area contributed by atoms with Gasteiger partial charge in [-0.05, 0) is 37.1 Å². The molecule has 0 aromatic carbocycles. The van der Waals surface area contributed by atoms with Crippen LogP contribution in [0.25, 0.3) is 0 Å². The predicted molar refractivity (Wildman–Crippen MR) is 81.0 cm³/mol. The largest absolute Gasteiger partial charge is 0.312 e. The Labute approximate surface area is 115 Å². The lowest BCUT2D eigenvalue weighted by atomic mass is 9.89. The van der Waals surface area contributed by atoms with Crippen molar-refractivity contribution in [3.63, 3.8) is 0 Å². The molecule has 1 N–H and O–H groups in total. The highest BCUT2D eigenvalue weighted by molar-refractivity contribution is 4.84. The molecule has 0 radical (unpaired) electrons. The summed E-state index contributed by atoms with van der Waals surface area (Å²) in [6.45, 7) is 16.5. The molecule has 0 amide bonds. The van der Waals surface area contributed by atoms with Gasteiger partial charge in [0.05, 0.1) is 0 Å². The van der Waals surface area contributed by atoms with Crippen LogP contribution in [0, 0.1) is 11.3 Å². The lowest BCUT2D eigenvalue weighted by Gasteiger charge is -2.39. The van der Waals surface area contributed by atoms with Crippen molar-refractivity contribution in [1.82, 2.24) is 10.2 Å². The molecule has 108 valence electrons. The third kappa shape index (κ3) is 6.19. The smallest absolute Gasteiger partial charge is 0.0198 e. The molecule has 1 heterocycles. The van der Waals surface area contributed by atoms with Gasteiger partial charge in [0.25, 0.3) is 0 Å². The SMILES string of the molecule is CCCC1CC(NCC(C)(C)C)CN(CCC)C1. The van der Waals surface area contributed by atoms with Gasteiger partial charge in [-0.15, -0.1) is 0 Å². The second-order valence-corrected chi connectivity index (χ2v) is 7.29. The first-order valence-electron chi connectivity index (χ1n) is 7.90. The average molecular weight is 254 g/mol. The molecule has 0 saturated carbocycles. The first-order valence-corrected chi connectivity index (χ1v) is 7.90. The van der Waals surface area contributed by atoms with E-state index in [0.717, 1.165) is 12.5 Å². The van der Waals surface area contributed by atoms with Gasteiger partial charge in [-0.25, -0.2) is 0 Å². The minimum atomic E-state index is 0.396. The Balaban J connectivity index is 2.44. The van der Waals surface area contributed by atoms with E-state index in [1.807, 2.05) is 0 Å². The van der Waals surface area contributed by atoms with Crippen molar-refractivity contribution in [2.45, 2.75) is 66.3 Å². The Kier molecular flexibility index (Phi) is 6.65. The summed E-state index contributed by atoms with van der Waals surface area (Å²) in [4.78, 5) is 2.67. The zero-order valence-corrected chi connectivity index (χ0v) is 13.3. The Bertz CT molecular complexity index is 206. The zero-order valence-electron chi connectivity index (χ0n) is 13.3. The van der Waals surface area contributed by atoms with E-state index in [4.69, 9.17) is 0 Å². The monoisotopic (exact) mass is 254 g/mol. The fourth-order valence-electron chi connectivity index (χ4n) is 3.02. The topological polar surface area (TPSA) is 15.3 Å². The van der Waals surface area contributed by atoms with Gasteiger partial charge in [0.1, 0.15) is 0 Å². The highest BCUT2D eigenvalue weighted by Crippen LogP contribution is 2.22. The number of nitrogens with one attached hydrogen (secondary N) is 1. The molecule has 0 spiro atoms. The number of hydrogen-bond donors (Lipinski definition) is 1. The van der Waals surface area contributed by atoms with Crippen molar-refractivity contribution < 1.29 is 0 Å². The van der Waals surface area contributed by atoms with E-state index in [1.165, 1.54) is 45.3 Å². The van der Waals surface area contributed by atoms with E-state index in [2.05, 4.69) is 44.8 Å². The normalized spacial score (nSPS) is 26.5. The summed E-state index contributed by atoms with van der Waals surface area (Å²) in [6.07, 6.45) is 5.39. The second-order valence-electron chi connectivity index (χ2n) is 7.29. The van der Waals surface area contributed by atoms with Crippen molar-refractivity contribution in [3.8, 4) is 0 Å². The Hall–Kier alpha value is -0.0800. The lowest BCUT2D eigenvalue weighted by Crippen LogP contribution is -2.50. The maximum Gasteiger partial charge on any atom is 0.0198 e. The van der Waals surface area contributed by atoms with Crippen molar-refractivity contribution in [2.24, 2.45) is 11.3 Å². The molecule has 1 rings (SSSR count). The van der Waals surface area contributed by atoms with Gasteiger partial charge >= 0.3 is 0 Å². The van der Waals surface area contributed by atoms with Crippen LogP contribution < -0.4 is 5.32 Å². The van der Waals surface area contributed by atoms with E-state index in [-0.39, 0.29) is 0 Å². The van der Waals surface area contributed by atoms with E-state index in [1.54, 1.807) is 0 Å². The van der Waals surface area contributed by atoms with Crippen LogP contribution in [0.4, 0.5) is 0 Å². The fraction of sp³-hybridized carbons (Fsp3) is 1.00. The van der Waals surface area contributed by atoms with Crippen molar-refractivity contribution in [1.29, 1.82) is 0 Å². The first-order chi connectivity index (χ1) is 8.44. The molecule has 1 saturated heterocycles. The molecule has 2 nitrogen and oxygen atoms in total. The fourth-order valence-corrected chi connectivity index (χ4v) is 3.02. The van der Waals surface area contributed by atoms with E-state index in [0.29, 0.717) is 11.5 Å². The Morgan fingerprint density at radius 2 is 1.83 bits per heavy atom. The third-order valence-electron chi connectivity index (χ3n) is 3.77. The third-order valence-corrected chi connectivity index (χ3v) is 3.77. The van der Waals surface area contributed by atoms with Crippen molar-refractivity contribution in [3.05, 3.63) is 0 Å². The van der Waals surface area contributed by atoms with Crippen LogP contribution in [-0.4, -0.2) is 37.1 Å². The molecule has 1 aliphatic heterocycles. The molecule has 1 fully saturated rings. The maximum atomic E-state index is 3.80. The molecule has 0 bridgehead atoms. The van der Waals surface area contributed by atoms with Crippen molar-refractivity contribution >= 4 is 0 Å². The molecule has 2 atom stereocenters. The molecule has 1 aliphatic rings. The zero-order chi connectivity index (χ0) is 13.6. The molecule has 0 aliphatic carbocycles. The predicted octanol–water partition coefficient (Wildman–Crippen LogP) is 3.52. The van der Waals surface area contributed by atoms with Crippen LogP contribution in [0.2, 0.25) is 0 Å². The summed E-state index contributed by atoms with van der Waals surface area (Å²) >= 11 is 0. The van der Waals surface area contributed by atoms with Gasteiger partial charge in [0, 0.05) is 25.7 Å².